The third-order valence-corrected chi connectivity index (χ3v) is 4.43. The molecule has 0 amide bonds. The van der Waals surface area contributed by atoms with Crippen molar-refractivity contribution < 1.29 is 0 Å². The summed E-state index contributed by atoms with van der Waals surface area (Å²) in [6.07, 6.45) is 5.90. The summed E-state index contributed by atoms with van der Waals surface area (Å²) in [5.74, 6) is 1.22. The van der Waals surface area contributed by atoms with E-state index >= 15 is 0 Å². The third kappa shape index (κ3) is 1.69. The number of rotatable bonds is 1. The summed E-state index contributed by atoms with van der Waals surface area (Å²) in [5, 5.41) is 3.74. The highest BCUT2D eigenvalue weighted by molar-refractivity contribution is 5.59. The molecule has 94 valence electrons. The summed E-state index contributed by atoms with van der Waals surface area (Å²) in [4.78, 5) is 0. The van der Waals surface area contributed by atoms with Crippen molar-refractivity contribution in [2.24, 2.45) is 5.92 Å². The van der Waals surface area contributed by atoms with Crippen LogP contribution < -0.4 is 5.32 Å². The molecule has 1 heteroatoms. The number of fused-ring (bicyclic) bond motifs is 3. The average Bonchev–Trinajstić information content (AvgIpc) is 2.97. The summed E-state index contributed by atoms with van der Waals surface area (Å²) >= 11 is 0. The molecule has 0 saturated carbocycles. The molecule has 19 heavy (non-hydrogen) atoms. The zero-order valence-electron chi connectivity index (χ0n) is 10.8. The molecule has 2 aliphatic rings. The molecule has 0 aromatic heterocycles. The van der Waals surface area contributed by atoms with Gasteiger partial charge in [0.2, 0.25) is 0 Å². The quantitative estimate of drug-likeness (QED) is 0.731. The van der Waals surface area contributed by atoms with Crippen LogP contribution in [-0.4, -0.2) is 0 Å². The topological polar surface area (TPSA) is 12.0 Å². The van der Waals surface area contributed by atoms with Crippen molar-refractivity contribution in [3.05, 3.63) is 77.9 Å². The summed E-state index contributed by atoms with van der Waals surface area (Å²) in [6, 6.07) is 20.0. The molecule has 0 saturated heterocycles. The molecule has 3 atom stereocenters. The van der Waals surface area contributed by atoms with Crippen LogP contribution in [0.5, 0.6) is 0 Å². The minimum Gasteiger partial charge on any atom is -0.378 e. The Morgan fingerprint density at radius 1 is 0.895 bits per heavy atom. The molecule has 0 fully saturated rings. The average molecular weight is 247 g/mol. The Bertz CT molecular complexity index is 615. The normalized spacial score (nSPS) is 27.5. The van der Waals surface area contributed by atoms with Crippen molar-refractivity contribution >= 4 is 5.69 Å². The second-order valence-electron chi connectivity index (χ2n) is 5.47. The Morgan fingerprint density at radius 3 is 2.58 bits per heavy atom. The van der Waals surface area contributed by atoms with Gasteiger partial charge in [-0.1, -0.05) is 60.7 Å². The maximum atomic E-state index is 3.74. The summed E-state index contributed by atoms with van der Waals surface area (Å²) in [7, 11) is 0. The number of para-hydroxylation sites is 1. The third-order valence-electron chi connectivity index (χ3n) is 4.43. The lowest BCUT2D eigenvalue weighted by Gasteiger charge is -2.37. The number of nitrogens with one attached hydrogen (secondary N) is 1. The van der Waals surface area contributed by atoms with Gasteiger partial charge in [-0.25, -0.2) is 0 Å². The highest BCUT2D eigenvalue weighted by atomic mass is 15.0. The maximum absolute atomic E-state index is 3.74. The first-order chi connectivity index (χ1) is 9.43. The molecule has 2 aromatic rings. The van der Waals surface area contributed by atoms with Gasteiger partial charge in [0.25, 0.3) is 0 Å². The smallest absolute Gasteiger partial charge is 0.0553 e. The van der Waals surface area contributed by atoms with E-state index in [0.717, 1.165) is 0 Å². The van der Waals surface area contributed by atoms with E-state index in [1.54, 1.807) is 0 Å². The second-order valence-corrected chi connectivity index (χ2v) is 5.47. The Labute approximate surface area is 114 Å². The SMILES string of the molecule is C1=CC2c3ccccc3N[C@@H](c3ccccc3)C2C1. The number of allylic oxidation sites excluding steroid dienone is 2. The van der Waals surface area contributed by atoms with Crippen molar-refractivity contribution in [3.63, 3.8) is 0 Å². The van der Waals surface area contributed by atoms with Crippen molar-refractivity contribution in [3.8, 4) is 0 Å². The van der Waals surface area contributed by atoms with Crippen molar-refractivity contribution in [2.75, 3.05) is 5.32 Å². The summed E-state index contributed by atoms with van der Waals surface area (Å²) in [6.45, 7) is 0. The van der Waals surface area contributed by atoms with Crippen molar-refractivity contribution in [1.82, 2.24) is 0 Å². The van der Waals surface area contributed by atoms with Gasteiger partial charge in [0.15, 0.2) is 0 Å². The Balaban J connectivity index is 1.80. The Kier molecular flexibility index (Phi) is 2.44. The van der Waals surface area contributed by atoms with E-state index in [9.17, 15) is 0 Å². The van der Waals surface area contributed by atoms with Gasteiger partial charge in [0, 0.05) is 11.6 Å². The van der Waals surface area contributed by atoms with Gasteiger partial charge < -0.3 is 5.32 Å². The number of anilines is 1. The molecule has 0 bridgehead atoms. The van der Waals surface area contributed by atoms with Crippen LogP contribution in [0.1, 0.15) is 29.5 Å². The fourth-order valence-electron chi connectivity index (χ4n) is 3.53. The summed E-state index contributed by atoms with van der Waals surface area (Å²) < 4.78 is 0. The molecule has 2 unspecified atom stereocenters. The van der Waals surface area contributed by atoms with Crippen LogP contribution in [0.15, 0.2) is 66.7 Å². The Hall–Kier alpha value is -2.02. The highest BCUT2D eigenvalue weighted by Gasteiger charge is 2.37. The van der Waals surface area contributed by atoms with E-state index in [0.29, 0.717) is 17.9 Å². The first kappa shape index (κ1) is 10.9. The molecule has 1 aliphatic carbocycles. The van der Waals surface area contributed by atoms with Crippen LogP contribution >= 0.6 is 0 Å². The van der Waals surface area contributed by atoms with Crippen LogP contribution in [0.3, 0.4) is 0 Å². The second kappa shape index (κ2) is 4.27. The fourth-order valence-corrected chi connectivity index (χ4v) is 3.53. The molecule has 0 radical (unpaired) electrons. The molecule has 1 aliphatic heterocycles. The summed E-state index contributed by atoms with van der Waals surface area (Å²) in [5.41, 5.74) is 4.15. The van der Waals surface area contributed by atoms with E-state index in [1.807, 2.05) is 0 Å². The largest absolute Gasteiger partial charge is 0.378 e. The number of hydrogen-bond donors (Lipinski definition) is 1. The lowest BCUT2D eigenvalue weighted by Crippen LogP contribution is -2.28. The molecular weight excluding hydrogens is 230 g/mol. The fraction of sp³-hybridized carbons (Fsp3) is 0.222. The van der Waals surface area contributed by atoms with Gasteiger partial charge in [-0.15, -0.1) is 0 Å². The van der Waals surface area contributed by atoms with Crippen molar-refractivity contribution in [2.45, 2.75) is 18.4 Å². The molecular formula is C18H17N. The molecule has 2 aromatic carbocycles. The lowest BCUT2D eigenvalue weighted by molar-refractivity contribution is 0.425. The molecule has 1 nitrogen and oxygen atoms in total. The zero-order chi connectivity index (χ0) is 12.7. The van der Waals surface area contributed by atoms with Crippen LogP contribution in [0.2, 0.25) is 0 Å². The van der Waals surface area contributed by atoms with Gasteiger partial charge in [0.1, 0.15) is 0 Å². The monoisotopic (exact) mass is 247 g/mol. The van der Waals surface area contributed by atoms with Gasteiger partial charge >= 0.3 is 0 Å². The standard InChI is InChI=1S/C18H17N/c1-2-7-13(8-3-1)18-16-11-6-10-14(16)15-9-4-5-12-17(15)19-18/h1-10,12,14,16,18-19H,11H2/t14?,16?,18-/m0/s1. The molecule has 4 rings (SSSR count). The maximum Gasteiger partial charge on any atom is 0.0553 e. The Morgan fingerprint density at radius 2 is 1.68 bits per heavy atom. The lowest BCUT2D eigenvalue weighted by atomic mass is 9.77. The number of hydrogen-bond acceptors (Lipinski definition) is 1. The predicted molar refractivity (Wildman–Crippen MR) is 79.2 cm³/mol. The highest BCUT2D eigenvalue weighted by Crippen LogP contribution is 2.49. The minimum absolute atomic E-state index is 0.427. The molecule has 1 N–H and O–H groups in total. The van der Waals surface area contributed by atoms with Crippen molar-refractivity contribution in [1.29, 1.82) is 0 Å². The first-order valence-corrected chi connectivity index (χ1v) is 7.00. The van der Waals surface area contributed by atoms with E-state index in [1.165, 1.54) is 23.2 Å². The zero-order valence-corrected chi connectivity index (χ0v) is 10.8. The van der Waals surface area contributed by atoms with Gasteiger partial charge in [-0.3, -0.25) is 0 Å². The number of benzene rings is 2. The molecule has 1 heterocycles. The van der Waals surface area contributed by atoms with Crippen LogP contribution in [-0.2, 0) is 0 Å². The van der Waals surface area contributed by atoms with Gasteiger partial charge in [-0.05, 0) is 29.5 Å². The van der Waals surface area contributed by atoms with Crippen LogP contribution in [0.25, 0.3) is 0 Å². The van der Waals surface area contributed by atoms with Crippen LogP contribution in [0, 0.1) is 5.92 Å². The van der Waals surface area contributed by atoms with Gasteiger partial charge in [0.05, 0.1) is 6.04 Å². The van der Waals surface area contributed by atoms with E-state index in [4.69, 9.17) is 0 Å². The predicted octanol–water partition coefficient (Wildman–Crippen LogP) is 4.51. The molecule has 0 spiro atoms. The van der Waals surface area contributed by atoms with E-state index in [-0.39, 0.29) is 0 Å². The first-order valence-electron chi connectivity index (χ1n) is 7.00. The van der Waals surface area contributed by atoms with Crippen LogP contribution in [0.4, 0.5) is 5.69 Å². The van der Waals surface area contributed by atoms with Gasteiger partial charge in [-0.2, -0.15) is 0 Å². The minimum atomic E-state index is 0.427. The van der Waals surface area contributed by atoms with E-state index < -0.39 is 0 Å². The van der Waals surface area contributed by atoms with E-state index in [2.05, 4.69) is 72.1 Å².